The van der Waals surface area contributed by atoms with Gasteiger partial charge in [0.2, 0.25) is 11.6 Å². The van der Waals surface area contributed by atoms with E-state index in [9.17, 15) is 71.1 Å². The van der Waals surface area contributed by atoms with Crippen molar-refractivity contribution in [1.82, 2.24) is 0 Å². The first-order chi connectivity index (χ1) is 26.5. The number of nitrogens with zero attached hydrogens (tertiary/aromatic N) is 4. The minimum atomic E-state index is -2.90. The number of aromatic hydroxyl groups is 4. The van der Waals surface area contributed by atoms with Crippen molar-refractivity contribution in [3.63, 3.8) is 0 Å². The number of phenols is 4. The van der Waals surface area contributed by atoms with Crippen molar-refractivity contribution < 1.29 is 59.9 Å². The first kappa shape index (κ1) is 34.3. The van der Waals surface area contributed by atoms with Crippen LogP contribution in [-0.2, 0) is 21.0 Å². The van der Waals surface area contributed by atoms with Crippen molar-refractivity contribution in [1.29, 1.82) is 0 Å². The van der Waals surface area contributed by atoms with Gasteiger partial charge < -0.3 is 61.4 Å². The van der Waals surface area contributed by atoms with Gasteiger partial charge in [0.25, 0.3) is 0 Å². The molecule has 282 valence electrons. The van der Waals surface area contributed by atoms with Crippen LogP contribution in [0.4, 0.5) is 0 Å². The zero-order valence-electron chi connectivity index (χ0n) is 28.8. The molecule has 18 nitrogen and oxygen atoms in total. The highest BCUT2D eigenvalue weighted by Crippen LogP contribution is 2.77. The molecule has 8 N–H and O–H groups in total. The van der Waals surface area contributed by atoms with E-state index in [1.807, 2.05) is 0 Å². The fourth-order valence-corrected chi connectivity index (χ4v) is 11.1. The molecule has 2 heterocycles. The quantitative estimate of drug-likeness (QED) is 0.0612. The van der Waals surface area contributed by atoms with Gasteiger partial charge in [-0.05, 0) is 37.1 Å². The molecular weight excluding hydrogens is 736 g/mol. The maximum atomic E-state index is 13.2. The Kier molecular flexibility index (Phi) is 6.10. The lowest BCUT2D eigenvalue weighted by Crippen LogP contribution is -2.57. The molecule has 0 bridgehead atoms. The van der Waals surface area contributed by atoms with E-state index in [4.69, 9.17) is 9.47 Å². The van der Waals surface area contributed by atoms with Crippen molar-refractivity contribution in [2.75, 3.05) is 0 Å². The van der Waals surface area contributed by atoms with Gasteiger partial charge in [0, 0.05) is 21.9 Å². The summed E-state index contributed by atoms with van der Waals surface area (Å²) in [6.07, 6.45) is -4.79. The second-order valence-corrected chi connectivity index (χ2v) is 15.0. The van der Waals surface area contributed by atoms with E-state index in [-0.39, 0.29) is 12.8 Å². The third kappa shape index (κ3) is 3.17. The fraction of sp³-hybridized carbons (Fsp3) is 0.316. The topological polar surface area (TPSA) is 321 Å². The third-order valence-corrected chi connectivity index (χ3v) is 13.1. The van der Waals surface area contributed by atoms with Crippen molar-refractivity contribution >= 4 is 43.1 Å². The lowest BCUT2D eigenvalue weighted by Gasteiger charge is -2.49. The molecule has 4 aliphatic rings. The average Bonchev–Trinajstić information content (AvgIpc) is 3.89. The Balaban J connectivity index is 1.40. The molecule has 0 spiro atoms. The standard InChI is InChI=1S/C38H26N4O14/c1-3-35-31-32-36(4-2,34(52)22-24(38(32,54)55-35)18-20(26(22)42-40)30(50)16-12(46)8-6-10(44)14(16)28(18)48)56-37(31,53)23-17-19(25(41-39)21(23)33(35)51)29(49)15-11(45)7-5-9(43)13(15)27(17)47/h5-8,31-34,47-54H,3-4H2,1-2H3/t31-,32-,33-,34-,35+,36+,37+,38+/m1/s1. The third-order valence-electron chi connectivity index (χ3n) is 13.1. The maximum absolute atomic E-state index is 13.2. The molecule has 0 unspecified atom stereocenters. The number of rotatable bonds is 2. The molecular formula is C38H26N4O14. The predicted octanol–water partition coefficient (Wildman–Crippen LogP) is -0.750. The molecule has 6 aromatic carbocycles. The number of phenolic OH excluding ortho intramolecular Hbond substituents is 4. The highest BCUT2D eigenvalue weighted by Gasteiger charge is 2.86. The molecule has 2 aliphatic carbocycles. The Morgan fingerprint density at radius 1 is 0.554 bits per heavy atom. The van der Waals surface area contributed by atoms with Gasteiger partial charge >= 0.3 is 10.7 Å². The monoisotopic (exact) mass is 762 g/mol. The molecule has 18 heteroatoms. The Bertz CT molecular complexity index is 3120. The van der Waals surface area contributed by atoms with Crippen LogP contribution in [-0.4, -0.2) is 61.6 Å². The second-order valence-electron chi connectivity index (χ2n) is 15.0. The Morgan fingerprint density at radius 3 is 1.11 bits per heavy atom. The van der Waals surface area contributed by atoms with Crippen LogP contribution in [0.1, 0.15) is 61.2 Å². The number of ether oxygens (including phenoxy) is 2. The molecule has 56 heavy (non-hydrogen) atoms. The molecule has 2 fully saturated rings. The van der Waals surface area contributed by atoms with E-state index < -0.39 is 168 Å². The molecule has 2 saturated heterocycles. The van der Waals surface area contributed by atoms with Gasteiger partial charge in [0.15, 0.2) is 21.7 Å². The van der Waals surface area contributed by atoms with Crippen LogP contribution in [0.15, 0.2) is 43.4 Å². The number of hydrogen-bond acceptors (Lipinski definition) is 14. The normalized spacial score (nSPS) is 31.2. The van der Waals surface area contributed by atoms with Gasteiger partial charge in [-0.15, -0.1) is 0 Å². The zero-order chi connectivity index (χ0) is 40.1. The van der Waals surface area contributed by atoms with Crippen LogP contribution in [0, 0.1) is 11.8 Å². The van der Waals surface area contributed by atoms with Crippen LogP contribution >= 0.6 is 0 Å². The van der Waals surface area contributed by atoms with Gasteiger partial charge in [-0.1, -0.05) is 13.8 Å². The Labute approximate surface area is 308 Å². The summed E-state index contributed by atoms with van der Waals surface area (Å²) in [5, 5.41) is 91.8. The largest absolute Gasteiger partial charge is 0.506 e. The molecule has 0 aromatic heterocycles. The van der Waals surface area contributed by atoms with Crippen molar-refractivity contribution in [3.8, 4) is 23.0 Å². The first-order valence-electron chi connectivity index (χ1n) is 17.4. The summed E-state index contributed by atoms with van der Waals surface area (Å²) in [7, 11) is 0. The molecule has 0 saturated carbocycles. The predicted molar refractivity (Wildman–Crippen MR) is 186 cm³/mol. The zero-order valence-corrected chi connectivity index (χ0v) is 28.8. The van der Waals surface area contributed by atoms with E-state index in [2.05, 4.69) is 9.58 Å². The molecule has 8 atom stereocenters. The summed E-state index contributed by atoms with van der Waals surface area (Å²) in [5.74, 6) is -13.0. The first-order valence-corrected chi connectivity index (χ1v) is 17.4. The van der Waals surface area contributed by atoms with Crippen LogP contribution in [0.5, 0.6) is 23.0 Å². The number of aliphatic hydroxyl groups is 4. The van der Waals surface area contributed by atoms with Crippen molar-refractivity contribution in [2.24, 2.45) is 11.8 Å². The molecule has 10 rings (SSSR count). The number of fused-ring (bicyclic) bond motifs is 10. The minimum Gasteiger partial charge on any atom is -0.506 e. The van der Waals surface area contributed by atoms with Crippen molar-refractivity contribution in [3.05, 3.63) is 109 Å². The summed E-state index contributed by atoms with van der Waals surface area (Å²) in [5.41, 5.74) is 10.7. The Hall–Kier alpha value is -6.20. The van der Waals surface area contributed by atoms with Crippen LogP contribution in [0.3, 0.4) is 0 Å². The van der Waals surface area contributed by atoms with E-state index in [1.54, 1.807) is 0 Å². The molecule has 0 amide bonds. The summed E-state index contributed by atoms with van der Waals surface area (Å²) in [4.78, 5) is 58.7. The smallest absolute Gasteiger partial charge is 0.333 e. The van der Waals surface area contributed by atoms with Gasteiger partial charge in [-0.2, -0.15) is 9.58 Å². The average molecular weight is 763 g/mol. The van der Waals surface area contributed by atoms with Gasteiger partial charge in [-0.3, -0.25) is 19.2 Å². The molecule has 2 aliphatic heterocycles. The highest BCUT2D eigenvalue weighted by atomic mass is 16.7. The molecule has 6 aromatic rings. The van der Waals surface area contributed by atoms with E-state index in [0.717, 1.165) is 24.3 Å². The minimum absolute atomic E-state index is 0.310. The van der Waals surface area contributed by atoms with Gasteiger partial charge in [-0.25, -0.2) is 0 Å². The maximum Gasteiger partial charge on any atom is 0.333 e. The Morgan fingerprint density at radius 2 is 0.839 bits per heavy atom. The number of aliphatic hydroxyl groups excluding tert-OH is 2. The number of hydrogen-bond donors (Lipinski definition) is 8. The summed E-state index contributed by atoms with van der Waals surface area (Å²) >= 11 is 0. The van der Waals surface area contributed by atoms with E-state index >= 15 is 0 Å². The van der Waals surface area contributed by atoms with Gasteiger partial charge in [0.1, 0.15) is 57.2 Å². The van der Waals surface area contributed by atoms with Crippen molar-refractivity contribution in [2.45, 2.75) is 61.7 Å². The van der Waals surface area contributed by atoms with Gasteiger partial charge in [0.05, 0.1) is 44.5 Å². The summed E-state index contributed by atoms with van der Waals surface area (Å²) in [6, 6.07) is 3.39. The summed E-state index contributed by atoms with van der Waals surface area (Å²) in [6.45, 7) is 2.98. The van der Waals surface area contributed by atoms with Crippen LogP contribution < -0.4 is 32.4 Å². The second kappa shape index (κ2) is 9.96. The van der Waals surface area contributed by atoms with E-state index in [1.165, 1.54) is 13.8 Å². The van der Waals surface area contributed by atoms with E-state index in [0.29, 0.717) is 0 Å². The summed E-state index contributed by atoms with van der Waals surface area (Å²) < 4.78 is 13.2. The van der Waals surface area contributed by atoms with Crippen LogP contribution in [0.25, 0.3) is 54.2 Å². The SMILES string of the molecule is CC[C@@]12O[C@@]3(O)c4c(c(=[N+]=[N-])c5c(O)c6c(=O)ccc(=O)c6c(O)c45)[C@@H](O)[C@@]4(CC)O[C@@](O)(c5c(c(=[N+]=[N-])c6c(O)c7c(=O)ccc(=O)c7c(O)c56)[C@H]1O)[C@@H]2[C@H]43. The fourth-order valence-electron chi connectivity index (χ4n) is 11.1. The highest BCUT2D eigenvalue weighted by molar-refractivity contribution is 6.14. The lowest BCUT2D eigenvalue weighted by molar-refractivity contribution is -0.354. The lowest BCUT2D eigenvalue weighted by atomic mass is 9.58. The molecule has 0 radical (unpaired) electrons. The number of benzene rings is 4. The van der Waals surface area contributed by atoms with Crippen LogP contribution in [0.2, 0.25) is 0 Å².